The van der Waals surface area contributed by atoms with Crippen molar-refractivity contribution in [2.75, 3.05) is 12.4 Å². The van der Waals surface area contributed by atoms with Crippen LogP contribution in [-0.2, 0) is 18.8 Å². The van der Waals surface area contributed by atoms with Crippen LogP contribution in [0.15, 0.2) is 22.6 Å². The van der Waals surface area contributed by atoms with Crippen LogP contribution in [0.3, 0.4) is 0 Å². The lowest BCUT2D eigenvalue weighted by Gasteiger charge is -2.45. The molecule has 0 radical (unpaired) electrons. The molecule has 2 heterocycles. The van der Waals surface area contributed by atoms with Crippen molar-refractivity contribution in [3.63, 3.8) is 0 Å². The molecule has 2 aliphatic heterocycles. The Morgan fingerprint density at radius 1 is 1.44 bits per heavy atom. The molecule has 27 heavy (non-hydrogen) atoms. The maximum atomic E-state index is 12.9. The van der Waals surface area contributed by atoms with Gasteiger partial charge in [0.05, 0.1) is 16.3 Å². The van der Waals surface area contributed by atoms with Gasteiger partial charge in [-0.3, -0.25) is 9.69 Å². The van der Waals surface area contributed by atoms with Crippen molar-refractivity contribution >= 4 is 45.2 Å². The topological polar surface area (TPSA) is 55.8 Å². The largest absolute Gasteiger partial charge is 0.457 e. The molecule has 0 aromatic carbocycles. The molecule has 2 aliphatic rings. The third kappa shape index (κ3) is 4.66. The molecule has 3 atom stereocenters. The second-order valence-electron chi connectivity index (χ2n) is 7.86. The highest BCUT2D eigenvalue weighted by molar-refractivity contribution is 8.22. The first-order chi connectivity index (χ1) is 12.7. The molecule has 8 heteroatoms. The lowest BCUT2D eigenvalue weighted by Crippen LogP contribution is -2.61. The predicted octanol–water partition coefficient (Wildman–Crippen LogP) is 3.51. The van der Waals surface area contributed by atoms with E-state index in [0.717, 1.165) is 9.99 Å². The number of hydrogen-bond donors (Lipinski definition) is 0. The third-order valence-electron chi connectivity index (χ3n) is 5.33. The normalized spacial score (nSPS) is 23.8. The Morgan fingerprint density at radius 3 is 2.67 bits per heavy atom. The number of β-lactam (4-membered cyclic amide) rings is 1. The predicted molar refractivity (Wildman–Crippen MR) is 116 cm³/mol. The molecule has 1 fully saturated rings. The Morgan fingerprint density at radius 2 is 2.11 bits per heavy atom. The zero-order chi connectivity index (χ0) is 20.4. The zero-order valence-corrected chi connectivity index (χ0v) is 20.2. The fourth-order valence-corrected chi connectivity index (χ4v) is 6.83. The first kappa shape index (κ1) is 22.6. The number of hydrogen-bond acceptors (Lipinski definition) is 6. The van der Waals surface area contributed by atoms with Gasteiger partial charge in [0.25, 0.3) is 0 Å². The molecule has 2 rings (SSSR count). The highest BCUT2D eigenvalue weighted by Gasteiger charge is 2.58. The fourth-order valence-electron chi connectivity index (χ4n) is 2.78. The zero-order valence-electron chi connectivity index (χ0n) is 17.1. The molecule has 1 saturated heterocycles. The van der Waals surface area contributed by atoms with Crippen LogP contribution in [0.4, 0.5) is 0 Å². The number of ether oxygens (including phenoxy) is 1. The molecule has 1 amide bonds. The molecule has 0 N–H and O–H groups in total. The van der Waals surface area contributed by atoms with Gasteiger partial charge < -0.3 is 9.16 Å². The summed E-state index contributed by atoms with van der Waals surface area (Å²) in [5.41, 5.74) is 0.395. The molecule has 0 aromatic heterocycles. The molecule has 5 nitrogen and oxygen atoms in total. The summed E-state index contributed by atoms with van der Waals surface area (Å²) in [5.74, 6) is 0.695. The lowest BCUT2D eigenvalue weighted by molar-refractivity contribution is -0.157. The molecular formula is C19H31NO4S2Si. The minimum absolute atomic E-state index is 0.0337. The molecule has 1 unspecified atom stereocenters. The highest BCUT2D eigenvalue weighted by Crippen LogP contribution is 2.54. The van der Waals surface area contributed by atoms with Gasteiger partial charge in [0.1, 0.15) is 12.0 Å². The van der Waals surface area contributed by atoms with E-state index in [2.05, 4.69) is 34.3 Å². The van der Waals surface area contributed by atoms with Crippen LogP contribution in [0.5, 0.6) is 0 Å². The van der Waals surface area contributed by atoms with E-state index in [1.165, 1.54) is 6.08 Å². The second-order valence-corrected chi connectivity index (χ2v) is 13.0. The average Bonchev–Trinajstić information content (AvgIpc) is 2.92. The van der Waals surface area contributed by atoms with Crippen molar-refractivity contribution in [1.29, 1.82) is 0 Å². The van der Waals surface area contributed by atoms with Gasteiger partial charge in [0.2, 0.25) is 5.91 Å². The number of carbonyl (C=O) groups is 2. The van der Waals surface area contributed by atoms with Gasteiger partial charge >= 0.3 is 5.97 Å². The standard InChI is InChI=1S/C19H31NO4S2Si/c1-8-10-23-17(22)14-18(25-9-2)26-16-13(15(21)20(14)16)12(5)24-27-19(6,7)11(3)4/h8,11-13,16H,1,9-10,27H2,2-7H3/t12?,13-,16+/m0/s1. The molecule has 0 saturated carbocycles. The van der Waals surface area contributed by atoms with E-state index in [-0.39, 0.29) is 34.9 Å². The average molecular weight is 430 g/mol. The smallest absolute Gasteiger partial charge is 0.357 e. The summed E-state index contributed by atoms with van der Waals surface area (Å²) >= 11 is 3.17. The maximum absolute atomic E-state index is 12.9. The van der Waals surface area contributed by atoms with Gasteiger partial charge in [-0.25, -0.2) is 4.79 Å². The van der Waals surface area contributed by atoms with E-state index in [0.29, 0.717) is 11.6 Å². The summed E-state index contributed by atoms with van der Waals surface area (Å²) < 4.78 is 12.3. The summed E-state index contributed by atoms with van der Waals surface area (Å²) in [7, 11) is -0.788. The van der Waals surface area contributed by atoms with Gasteiger partial charge in [-0.15, -0.1) is 11.8 Å². The summed E-state index contributed by atoms with van der Waals surface area (Å²) in [6.07, 6.45) is 1.40. The van der Waals surface area contributed by atoms with Crippen molar-refractivity contribution in [2.45, 2.75) is 58.1 Å². The van der Waals surface area contributed by atoms with Crippen LogP contribution < -0.4 is 0 Å². The maximum Gasteiger partial charge on any atom is 0.357 e. The summed E-state index contributed by atoms with van der Waals surface area (Å²) in [6.45, 7) is 16.6. The van der Waals surface area contributed by atoms with Crippen LogP contribution in [0.25, 0.3) is 0 Å². The van der Waals surface area contributed by atoms with Crippen LogP contribution in [0.1, 0.15) is 41.5 Å². The molecule has 152 valence electrons. The van der Waals surface area contributed by atoms with Crippen LogP contribution in [-0.4, -0.2) is 50.4 Å². The molecule has 0 bridgehead atoms. The second kappa shape index (κ2) is 9.20. The van der Waals surface area contributed by atoms with E-state index >= 15 is 0 Å². The molecule has 0 aliphatic carbocycles. The minimum atomic E-state index is -0.788. The number of esters is 1. The Hall–Kier alpha value is -0.703. The van der Waals surface area contributed by atoms with Crippen LogP contribution >= 0.6 is 23.5 Å². The summed E-state index contributed by atoms with van der Waals surface area (Å²) in [4.78, 5) is 26.9. The molecular weight excluding hydrogens is 398 g/mol. The van der Waals surface area contributed by atoms with Gasteiger partial charge in [0.15, 0.2) is 15.5 Å². The van der Waals surface area contributed by atoms with Crippen molar-refractivity contribution < 1.29 is 18.8 Å². The van der Waals surface area contributed by atoms with E-state index in [4.69, 9.17) is 9.16 Å². The fraction of sp³-hybridized carbons (Fsp3) is 0.684. The Bertz CT molecular complexity index is 635. The first-order valence-electron chi connectivity index (χ1n) is 9.42. The van der Waals surface area contributed by atoms with Crippen LogP contribution in [0.2, 0.25) is 5.04 Å². The van der Waals surface area contributed by atoms with Crippen molar-refractivity contribution in [1.82, 2.24) is 4.90 Å². The first-order valence-corrected chi connectivity index (χ1v) is 12.6. The lowest BCUT2D eigenvalue weighted by atomic mass is 9.92. The van der Waals surface area contributed by atoms with E-state index < -0.39 is 15.7 Å². The monoisotopic (exact) mass is 429 g/mol. The van der Waals surface area contributed by atoms with Crippen molar-refractivity contribution in [3.05, 3.63) is 22.6 Å². The third-order valence-corrected chi connectivity index (χ3v) is 10.1. The van der Waals surface area contributed by atoms with E-state index in [1.54, 1.807) is 28.4 Å². The molecule has 0 spiro atoms. The number of rotatable bonds is 10. The Kier molecular flexibility index (Phi) is 7.69. The summed E-state index contributed by atoms with van der Waals surface area (Å²) in [5, 5.41) is 0.119. The Balaban J connectivity index is 2.08. The van der Waals surface area contributed by atoms with Gasteiger partial charge in [-0.05, 0) is 23.6 Å². The Labute approximate surface area is 173 Å². The van der Waals surface area contributed by atoms with Gasteiger partial charge in [-0.1, -0.05) is 59.0 Å². The number of amides is 1. The van der Waals surface area contributed by atoms with Gasteiger partial charge in [0, 0.05) is 0 Å². The van der Waals surface area contributed by atoms with Crippen molar-refractivity contribution in [2.24, 2.45) is 11.8 Å². The van der Waals surface area contributed by atoms with E-state index in [9.17, 15) is 9.59 Å². The van der Waals surface area contributed by atoms with Gasteiger partial charge in [-0.2, -0.15) is 0 Å². The number of thioether (sulfide) groups is 2. The van der Waals surface area contributed by atoms with Crippen molar-refractivity contribution in [3.8, 4) is 0 Å². The summed E-state index contributed by atoms with van der Waals surface area (Å²) in [6, 6.07) is 0. The number of fused-ring (bicyclic) bond motifs is 1. The van der Waals surface area contributed by atoms with E-state index in [1.807, 2.05) is 13.8 Å². The number of nitrogens with zero attached hydrogens (tertiary/aromatic N) is 1. The minimum Gasteiger partial charge on any atom is -0.457 e. The molecule has 0 aromatic rings. The quantitative estimate of drug-likeness (QED) is 0.229. The SMILES string of the molecule is C=CCOC(=O)C1=C(SCC)S[C@@H]2[C@@H](C(C)O[SiH2]C(C)(C)C(C)C)C(=O)N12. The van der Waals surface area contributed by atoms with Crippen LogP contribution in [0, 0.1) is 11.8 Å². The highest BCUT2D eigenvalue weighted by atomic mass is 32.2. The number of carbonyl (C=O) groups excluding carboxylic acids is 2.